The molecule has 0 saturated carbocycles. The van der Waals surface area contributed by atoms with Crippen LogP contribution in [-0.4, -0.2) is 44.1 Å². The zero-order chi connectivity index (χ0) is 15.5. The fourth-order valence-electron chi connectivity index (χ4n) is 3.07. The molecule has 1 aliphatic rings. The molecule has 1 aliphatic heterocycles. The largest absolute Gasteiger partial charge is 0.496 e. The van der Waals surface area contributed by atoms with Crippen LogP contribution in [0, 0.1) is 0 Å². The van der Waals surface area contributed by atoms with Crippen LogP contribution in [0.15, 0.2) is 24.3 Å². The van der Waals surface area contributed by atoms with Gasteiger partial charge in [-0.2, -0.15) is 0 Å². The average molecular weight is 327 g/mol. The number of ether oxygens (including phenoxy) is 1. The van der Waals surface area contributed by atoms with E-state index in [2.05, 4.69) is 5.32 Å². The Bertz CT molecular complexity index is 505. The van der Waals surface area contributed by atoms with E-state index in [0.29, 0.717) is 6.04 Å². The summed E-state index contributed by atoms with van der Waals surface area (Å²) in [5, 5.41) is 3.28. The van der Waals surface area contributed by atoms with Crippen LogP contribution < -0.4 is 10.1 Å². The van der Waals surface area contributed by atoms with Crippen molar-refractivity contribution in [3.63, 3.8) is 0 Å². The molecule has 1 fully saturated rings. The summed E-state index contributed by atoms with van der Waals surface area (Å²) in [4.78, 5) is 15.0. The molecular formula is C17H27ClN2O2. The lowest BCUT2D eigenvalue weighted by molar-refractivity contribution is -0.137. The van der Waals surface area contributed by atoms with Crippen molar-refractivity contribution in [1.82, 2.24) is 10.2 Å². The SMILES string of the molecule is CNC1CCCN(C(=O)C(C)(C)c2ccccc2OC)C1.Cl. The molecule has 1 aromatic rings. The smallest absolute Gasteiger partial charge is 0.232 e. The van der Waals surface area contributed by atoms with E-state index < -0.39 is 5.41 Å². The maximum atomic E-state index is 13.0. The highest BCUT2D eigenvalue weighted by Gasteiger charge is 2.37. The topological polar surface area (TPSA) is 41.6 Å². The quantitative estimate of drug-likeness (QED) is 0.924. The molecule has 0 aliphatic carbocycles. The zero-order valence-electron chi connectivity index (χ0n) is 13.9. The Kier molecular flexibility index (Phi) is 6.69. The number of nitrogens with one attached hydrogen (secondary N) is 1. The number of methoxy groups -OCH3 is 1. The molecule has 2 rings (SSSR count). The summed E-state index contributed by atoms with van der Waals surface area (Å²) in [5.74, 6) is 0.949. The van der Waals surface area contributed by atoms with Gasteiger partial charge in [-0.15, -0.1) is 12.4 Å². The number of amides is 1. The van der Waals surface area contributed by atoms with Crippen LogP contribution in [0.3, 0.4) is 0 Å². The Balaban J connectivity index is 0.00000242. The van der Waals surface area contributed by atoms with Crippen molar-refractivity contribution in [3.8, 4) is 5.75 Å². The summed E-state index contributed by atoms with van der Waals surface area (Å²) in [7, 11) is 3.61. The molecule has 0 spiro atoms. The highest BCUT2D eigenvalue weighted by atomic mass is 35.5. The highest BCUT2D eigenvalue weighted by molar-refractivity contribution is 5.88. The first-order valence-corrected chi connectivity index (χ1v) is 7.61. The number of carbonyl (C=O) groups is 1. The normalized spacial score (nSPS) is 18.5. The number of likely N-dealkylation sites (N-methyl/N-ethyl adjacent to an activating group) is 1. The lowest BCUT2D eigenvalue weighted by Gasteiger charge is -2.38. The van der Waals surface area contributed by atoms with Crippen LogP contribution >= 0.6 is 12.4 Å². The molecule has 1 saturated heterocycles. The van der Waals surface area contributed by atoms with Gasteiger partial charge in [0, 0.05) is 24.7 Å². The minimum atomic E-state index is -0.581. The average Bonchev–Trinajstić information content (AvgIpc) is 2.54. The molecule has 1 atom stereocenters. The molecule has 4 nitrogen and oxygen atoms in total. The number of likely N-dealkylation sites (tertiary alicyclic amines) is 1. The summed E-state index contributed by atoms with van der Waals surface area (Å²) in [6.07, 6.45) is 2.19. The van der Waals surface area contributed by atoms with Crippen molar-refractivity contribution in [3.05, 3.63) is 29.8 Å². The fourth-order valence-corrected chi connectivity index (χ4v) is 3.07. The third-order valence-electron chi connectivity index (χ3n) is 4.43. The molecule has 0 aromatic heterocycles. The number of hydrogen-bond donors (Lipinski definition) is 1. The van der Waals surface area contributed by atoms with E-state index in [1.807, 2.05) is 50.1 Å². The van der Waals surface area contributed by atoms with Crippen LogP contribution in [-0.2, 0) is 10.2 Å². The number of para-hydroxylation sites is 1. The number of rotatable bonds is 4. The Labute approximate surface area is 139 Å². The van der Waals surface area contributed by atoms with E-state index in [-0.39, 0.29) is 18.3 Å². The molecule has 5 heteroatoms. The Morgan fingerprint density at radius 1 is 1.36 bits per heavy atom. The van der Waals surface area contributed by atoms with Crippen LogP contribution in [0.1, 0.15) is 32.3 Å². The highest BCUT2D eigenvalue weighted by Crippen LogP contribution is 2.33. The third-order valence-corrected chi connectivity index (χ3v) is 4.43. The molecule has 1 N–H and O–H groups in total. The van der Waals surface area contributed by atoms with Gasteiger partial charge in [0.2, 0.25) is 5.91 Å². The molecular weight excluding hydrogens is 300 g/mol. The molecule has 0 radical (unpaired) electrons. The van der Waals surface area contributed by atoms with E-state index in [4.69, 9.17) is 4.74 Å². The van der Waals surface area contributed by atoms with E-state index in [1.165, 1.54) is 0 Å². The van der Waals surface area contributed by atoms with Gasteiger partial charge in [-0.25, -0.2) is 0 Å². The lowest BCUT2D eigenvalue weighted by Crippen LogP contribution is -2.52. The van der Waals surface area contributed by atoms with Crippen molar-refractivity contribution >= 4 is 18.3 Å². The van der Waals surface area contributed by atoms with Crippen LogP contribution in [0.4, 0.5) is 0 Å². The first kappa shape index (κ1) is 18.8. The van der Waals surface area contributed by atoms with Gasteiger partial charge in [0.25, 0.3) is 0 Å². The van der Waals surface area contributed by atoms with Crippen molar-refractivity contribution in [1.29, 1.82) is 0 Å². The molecule has 1 aromatic carbocycles. The second-order valence-corrected chi connectivity index (χ2v) is 6.20. The number of nitrogens with zero attached hydrogens (tertiary/aromatic N) is 1. The minimum Gasteiger partial charge on any atom is -0.496 e. The number of carbonyl (C=O) groups excluding carboxylic acids is 1. The summed E-state index contributed by atoms with van der Waals surface area (Å²) in [6, 6.07) is 8.18. The van der Waals surface area contributed by atoms with Gasteiger partial charge in [-0.1, -0.05) is 18.2 Å². The summed E-state index contributed by atoms with van der Waals surface area (Å²) < 4.78 is 5.43. The standard InChI is InChI=1S/C17H26N2O2.ClH/c1-17(2,14-9-5-6-10-15(14)21-4)16(20)19-11-7-8-13(12-19)18-3;/h5-6,9-10,13,18H,7-8,11-12H2,1-4H3;1H. The number of piperidine rings is 1. The summed E-state index contributed by atoms with van der Waals surface area (Å²) in [6.45, 7) is 5.59. The predicted molar refractivity (Wildman–Crippen MR) is 91.9 cm³/mol. The summed E-state index contributed by atoms with van der Waals surface area (Å²) in [5.41, 5.74) is 0.367. The van der Waals surface area contributed by atoms with Crippen LogP contribution in [0.25, 0.3) is 0 Å². The van der Waals surface area contributed by atoms with E-state index in [9.17, 15) is 4.79 Å². The molecule has 0 bridgehead atoms. The predicted octanol–water partition coefficient (Wildman–Crippen LogP) is 2.61. The van der Waals surface area contributed by atoms with Gasteiger partial charge in [0.1, 0.15) is 5.75 Å². The van der Waals surface area contributed by atoms with Gasteiger partial charge in [0.15, 0.2) is 0 Å². The van der Waals surface area contributed by atoms with E-state index >= 15 is 0 Å². The molecule has 1 heterocycles. The molecule has 1 amide bonds. The fraction of sp³-hybridized carbons (Fsp3) is 0.588. The summed E-state index contributed by atoms with van der Waals surface area (Å²) >= 11 is 0. The number of benzene rings is 1. The van der Waals surface area contributed by atoms with Gasteiger partial charge < -0.3 is 15.0 Å². The van der Waals surface area contributed by atoms with Gasteiger partial charge >= 0.3 is 0 Å². The van der Waals surface area contributed by atoms with Gasteiger partial charge in [-0.3, -0.25) is 4.79 Å². The van der Waals surface area contributed by atoms with Gasteiger partial charge in [-0.05, 0) is 39.8 Å². The van der Waals surface area contributed by atoms with E-state index in [0.717, 1.165) is 37.2 Å². The first-order valence-electron chi connectivity index (χ1n) is 7.61. The van der Waals surface area contributed by atoms with Crippen molar-refractivity contribution < 1.29 is 9.53 Å². The second kappa shape index (κ2) is 7.84. The monoisotopic (exact) mass is 326 g/mol. The zero-order valence-corrected chi connectivity index (χ0v) is 14.7. The van der Waals surface area contributed by atoms with Crippen molar-refractivity contribution in [2.45, 2.75) is 38.1 Å². The number of hydrogen-bond acceptors (Lipinski definition) is 3. The first-order chi connectivity index (χ1) is 10.0. The molecule has 22 heavy (non-hydrogen) atoms. The second-order valence-electron chi connectivity index (χ2n) is 6.20. The van der Waals surface area contributed by atoms with Crippen LogP contribution in [0.5, 0.6) is 5.75 Å². The molecule has 124 valence electrons. The number of halogens is 1. The van der Waals surface area contributed by atoms with Crippen LogP contribution in [0.2, 0.25) is 0 Å². The van der Waals surface area contributed by atoms with E-state index in [1.54, 1.807) is 7.11 Å². The molecule has 1 unspecified atom stereocenters. The minimum absolute atomic E-state index is 0. The maximum Gasteiger partial charge on any atom is 0.232 e. The Morgan fingerprint density at radius 2 is 2.05 bits per heavy atom. The third kappa shape index (κ3) is 3.73. The van der Waals surface area contributed by atoms with Crippen molar-refractivity contribution in [2.75, 3.05) is 27.2 Å². The lowest BCUT2D eigenvalue weighted by atomic mass is 9.82. The van der Waals surface area contributed by atoms with Gasteiger partial charge in [0.05, 0.1) is 12.5 Å². The Hall–Kier alpha value is -1.26. The van der Waals surface area contributed by atoms with Crippen molar-refractivity contribution in [2.24, 2.45) is 0 Å². The Morgan fingerprint density at radius 3 is 2.68 bits per heavy atom. The maximum absolute atomic E-state index is 13.0.